The van der Waals surface area contributed by atoms with E-state index in [1.54, 1.807) is 12.1 Å². The van der Waals surface area contributed by atoms with E-state index < -0.39 is 10.0 Å². The Morgan fingerprint density at radius 2 is 2.00 bits per heavy atom. The molecule has 0 atom stereocenters. The molecule has 0 aliphatic carbocycles. The smallest absolute Gasteiger partial charge is 0.240 e. The molecule has 19 heavy (non-hydrogen) atoms. The van der Waals surface area contributed by atoms with Crippen molar-refractivity contribution in [2.75, 3.05) is 29.1 Å². The topological polar surface area (TPSA) is 98.2 Å². The van der Waals surface area contributed by atoms with Gasteiger partial charge in [-0.25, -0.2) is 13.6 Å². The van der Waals surface area contributed by atoms with Gasteiger partial charge in [-0.15, -0.1) is 0 Å². The number of primary sulfonamides is 1. The molecule has 1 aromatic rings. The molecule has 106 valence electrons. The van der Waals surface area contributed by atoms with Crippen LogP contribution >= 0.6 is 11.8 Å². The first-order chi connectivity index (χ1) is 8.97. The van der Waals surface area contributed by atoms with Gasteiger partial charge in [-0.2, -0.15) is 11.8 Å². The second-order valence-corrected chi connectivity index (χ2v) is 7.49. The lowest BCUT2D eigenvalue weighted by atomic mass is 10.0. The van der Waals surface area contributed by atoms with Crippen molar-refractivity contribution in [1.82, 2.24) is 0 Å². The molecule has 2 rings (SSSR count). The van der Waals surface area contributed by atoms with Gasteiger partial charge in [0.25, 0.3) is 0 Å². The monoisotopic (exact) mass is 301 g/mol. The van der Waals surface area contributed by atoms with Crippen molar-refractivity contribution in [3.8, 4) is 0 Å². The molecule has 1 saturated heterocycles. The highest BCUT2D eigenvalue weighted by Gasteiger charge is 2.17. The first-order valence-electron chi connectivity index (χ1n) is 6.21. The molecule has 0 aromatic heterocycles. The Kier molecular flexibility index (Phi) is 4.59. The Balaban J connectivity index is 2.11. The Labute approximate surface area is 118 Å². The number of nitrogens with one attached hydrogen (secondary N) is 1. The van der Waals surface area contributed by atoms with E-state index in [2.05, 4.69) is 5.32 Å². The Morgan fingerprint density at radius 1 is 1.32 bits per heavy atom. The van der Waals surface area contributed by atoms with Crippen LogP contribution in [0.15, 0.2) is 23.1 Å². The average Bonchev–Trinajstić information content (AvgIpc) is 2.37. The molecular formula is C12H19N3O2S2. The number of thioether (sulfide) groups is 1. The third-order valence-electron chi connectivity index (χ3n) is 3.23. The second kappa shape index (κ2) is 6.02. The number of nitrogens with two attached hydrogens (primary N) is 2. The molecule has 0 unspecified atom stereocenters. The Bertz CT molecular complexity index is 540. The zero-order valence-corrected chi connectivity index (χ0v) is 12.3. The van der Waals surface area contributed by atoms with E-state index in [9.17, 15) is 8.42 Å². The zero-order chi connectivity index (χ0) is 13.9. The van der Waals surface area contributed by atoms with Crippen LogP contribution < -0.4 is 16.2 Å². The summed E-state index contributed by atoms with van der Waals surface area (Å²) in [5, 5.41) is 8.40. The summed E-state index contributed by atoms with van der Waals surface area (Å²) in [6.07, 6.45) is 2.33. The summed E-state index contributed by atoms with van der Waals surface area (Å²) in [6.45, 7) is 0.771. The molecule has 0 amide bonds. The van der Waals surface area contributed by atoms with Gasteiger partial charge in [0.2, 0.25) is 10.0 Å². The van der Waals surface area contributed by atoms with Crippen molar-refractivity contribution in [2.24, 2.45) is 11.1 Å². The molecule has 1 aliphatic heterocycles. The fourth-order valence-electron chi connectivity index (χ4n) is 2.13. The van der Waals surface area contributed by atoms with E-state index in [-0.39, 0.29) is 4.90 Å². The Hall–Kier alpha value is -0.920. The summed E-state index contributed by atoms with van der Waals surface area (Å²) >= 11 is 1.97. The van der Waals surface area contributed by atoms with Crippen LogP contribution in [0.1, 0.15) is 12.8 Å². The third-order valence-corrected chi connectivity index (χ3v) is 5.23. The molecule has 0 spiro atoms. The molecule has 1 aromatic carbocycles. The molecular weight excluding hydrogens is 282 g/mol. The highest BCUT2D eigenvalue weighted by Crippen LogP contribution is 2.26. The van der Waals surface area contributed by atoms with E-state index in [1.807, 2.05) is 11.8 Å². The maximum absolute atomic E-state index is 11.5. The third kappa shape index (κ3) is 4.02. The maximum atomic E-state index is 11.5. The SMILES string of the molecule is Nc1ccc(NCC2CCSCC2)c(S(N)(=O)=O)c1. The van der Waals surface area contributed by atoms with Gasteiger partial charge in [-0.1, -0.05) is 0 Å². The van der Waals surface area contributed by atoms with Gasteiger partial charge >= 0.3 is 0 Å². The van der Waals surface area contributed by atoms with Gasteiger partial charge in [-0.05, 0) is 48.5 Å². The molecule has 5 N–H and O–H groups in total. The lowest BCUT2D eigenvalue weighted by Crippen LogP contribution is -2.21. The number of anilines is 2. The first-order valence-corrected chi connectivity index (χ1v) is 8.91. The summed E-state index contributed by atoms with van der Waals surface area (Å²) in [4.78, 5) is 0.0673. The van der Waals surface area contributed by atoms with Crippen LogP contribution in [-0.2, 0) is 10.0 Å². The van der Waals surface area contributed by atoms with Crippen LogP contribution in [0.2, 0.25) is 0 Å². The molecule has 5 nitrogen and oxygen atoms in total. The van der Waals surface area contributed by atoms with E-state index in [1.165, 1.54) is 17.6 Å². The van der Waals surface area contributed by atoms with Crippen LogP contribution in [0.5, 0.6) is 0 Å². The highest BCUT2D eigenvalue weighted by molar-refractivity contribution is 7.99. The van der Waals surface area contributed by atoms with Crippen LogP contribution in [0.3, 0.4) is 0 Å². The van der Waals surface area contributed by atoms with Gasteiger partial charge in [0.15, 0.2) is 0 Å². The predicted molar refractivity (Wildman–Crippen MR) is 80.8 cm³/mol. The van der Waals surface area contributed by atoms with Crippen molar-refractivity contribution in [3.05, 3.63) is 18.2 Å². The quantitative estimate of drug-likeness (QED) is 0.732. The van der Waals surface area contributed by atoms with Crippen molar-refractivity contribution in [3.63, 3.8) is 0 Å². The minimum atomic E-state index is -3.76. The molecule has 0 radical (unpaired) electrons. The number of sulfonamides is 1. The van der Waals surface area contributed by atoms with Crippen molar-refractivity contribution >= 4 is 33.2 Å². The molecule has 0 saturated carbocycles. The fraction of sp³-hybridized carbons (Fsp3) is 0.500. The molecule has 1 fully saturated rings. The number of benzene rings is 1. The number of hydrogen-bond donors (Lipinski definition) is 3. The average molecular weight is 301 g/mol. The van der Waals surface area contributed by atoms with Crippen LogP contribution in [0, 0.1) is 5.92 Å². The van der Waals surface area contributed by atoms with Gasteiger partial charge in [0.05, 0.1) is 5.69 Å². The molecule has 7 heteroatoms. The molecule has 1 heterocycles. The van der Waals surface area contributed by atoms with Crippen molar-refractivity contribution in [1.29, 1.82) is 0 Å². The first kappa shape index (κ1) is 14.5. The maximum Gasteiger partial charge on any atom is 0.240 e. The van der Waals surface area contributed by atoms with Gasteiger partial charge in [0.1, 0.15) is 4.90 Å². The van der Waals surface area contributed by atoms with Crippen LogP contribution in [0.4, 0.5) is 11.4 Å². The number of hydrogen-bond acceptors (Lipinski definition) is 5. The largest absolute Gasteiger partial charge is 0.399 e. The predicted octanol–water partition coefficient (Wildman–Crippen LogP) is 1.47. The second-order valence-electron chi connectivity index (χ2n) is 4.74. The van der Waals surface area contributed by atoms with E-state index in [0.29, 0.717) is 17.3 Å². The summed E-state index contributed by atoms with van der Waals surface area (Å²) in [7, 11) is -3.76. The standard InChI is InChI=1S/C12H19N3O2S2/c13-10-1-2-11(12(7-10)19(14,16)17)15-8-9-3-5-18-6-4-9/h1-2,7,9,15H,3-6,8,13H2,(H2,14,16,17). The van der Waals surface area contributed by atoms with Gasteiger partial charge < -0.3 is 11.1 Å². The zero-order valence-electron chi connectivity index (χ0n) is 10.6. The number of rotatable bonds is 4. The lowest BCUT2D eigenvalue weighted by molar-refractivity contribution is 0.515. The lowest BCUT2D eigenvalue weighted by Gasteiger charge is -2.22. The molecule has 1 aliphatic rings. The normalized spacial score (nSPS) is 17.3. The van der Waals surface area contributed by atoms with Gasteiger partial charge in [-0.3, -0.25) is 0 Å². The van der Waals surface area contributed by atoms with Crippen LogP contribution in [0.25, 0.3) is 0 Å². The van der Waals surface area contributed by atoms with Crippen molar-refractivity contribution in [2.45, 2.75) is 17.7 Å². The van der Waals surface area contributed by atoms with E-state index in [0.717, 1.165) is 19.4 Å². The van der Waals surface area contributed by atoms with E-state index >= 15 is 0 Å². The fourth-order valence-corrected chi connectivity index (χ4v) is 4.08. The van der Waals surface area contributed by atoms with E-state index in [4.69, 9.17) is 10.9 Å². The minimum Gasteiger partial charge on any atom is -0.399 e. The summed E-state index contributed by atoms with van der Waals surface area (Å²) in [5.74, 6) is 2.94. The molecule has 0 bridgehead atoms. The summed E-state index contributed by atoms with van der Waals surface area (Å²) < 4.78 is 23.1. The summed E-state index contributed by atoms with van der Waals surface area (Å²) in [6, 6.07) is 4.74. The highest BCUT2D eigenvalue weighted by atomic mass is 32.2. The van der Waals surface area contributed by atoms with Crippen molar-refractivity contribution < 1.29 is 8.42 Å². The van der Waals surface area contributed by atoms with Gasteiger partial charge in [0, 0.05) is 12.2 Å². The summed E-state index contributed by atoms with van der Waals surface area (Å²) in [5.41, 5.74) is 6.54. The Morgan fingerprint density at radius 3 is 2.63 bits per heavy atom. The minimum absolute atomic E-state index is 0.0673. The number of nitrogen functional groups attached to an aromatic ring is 1. The van der Waals surface area contributed by atoms with Crippen LogP contribution in [-0.4, -0.2) is 26.5 Å².